The summed E-state index contributed by atoms with van der Waals surface area (Å²) >= 11 is 0. The fraction of sp³-hybridized carbons (Fsp3) is 0.933. The lowest BCUT2D eigenvalue weighted by Crippen LogP contribution is -2.43. The van der Waals surface area contributed by atoms with Gasteiger partial charge in [-0.2, -0.15) is 0 Å². The Morgan fingerprint density at radius 2 is 1.89 bits per heavy atom. The van der Waals surface area contributed by atoms with Crippen LogP contribution in [0.5, 0.6) is 0 Å². The van der Waals surface area contributed by atoms with Crippen LogP contribution in [0.4, 0.5) is 0 Å². The van der Waals surface area contributed by atoms with Crippen LogP contribution < -0.4 is 10.6 Å². The predicted octanol–water partition coefficient (Wildman–Crippen LogP) is 2.09. The van der Waals surface area contributed by atoms with Crippen LogP contribution in [0.2, 0.25) is 0 Å². The van der Waals surface area contributed by atoms with Gasteiger partial charge in [-0.3, -0.25) is 4.79 Å². The summed E-state index contributed by atoms with van der Waals surface area (Å²) in [5.74, 6) is 0.713. The van der Waals surface area contributed by atoms with Gasteiger partial charge in [0.2, 0.25) is 5.91 Å². The van der Waals surface area contributed by atoms with E-state index < -0.39 is 0 Å². The van der Waals surface area contributed by atoms with Crippen LogP contribution in [0.25, 0.3) is 0 Å². The molecule has 112 valence electrons. The molecule has 0 radical (unpaired) electrons. The van der Waals surface area contributed by atoms with E-state index in [2.05, 4.69) is 24.5 Å². The molecule has 1 unspecified atom stereocenters. The Labute approximate surface area is 117 Å². The van der Waals surface area contributed by atoms with Crippen molar-refractivity contribution >= 4 is 5.91 Å². The van der Waals surface area contributed by atoms with E-state index in [-0.39, 0.29) is 11.9 Å². The number of nitrogens with one attached hydrogen (secondary N) is 2. The van der Waals surface area contributed by atoms with E-state index in [0.717, 1.165) is 19.5 Å². The van der Waals surface area contributed by atoms with Crippen LogP contribution in [0.1, 0.15) is 52.9 Å². The van der Waals surface area contributed by atoms with Gasteiger partial charge in [-0.05, 0) is 32.1 Å². The summed E-state index contributed by atoms with van der Waals surface area (Å²) in [6, 6.07) is -0.139. The van der Waals surface area contributed by atoms with Crippen LogP contribution in [-0.4, -0.2) is 37.7 Å². The van der Waals surface area contributed by atoms with Crippen molar-refractivity contribution in [3.05, 3.63) is 0 Å². The third kappa shape index (κ3) is 7.53. The third-order valence-corrected chi connectivity index (χ3v) is 3.62. The molecule has 4 heteroatoms. The van der Waals surface area contributed by atoms with Crippen LogP contribution in [-0.2, 0) is 9.53 Å². The summed E-state index contributed by atoms with van der Waals surface area (Å²) in [6.45, 7) is 8.44. The SMILES string of the molecule is CC(C)CCNC(=O)C(C)NCCOC1CCCC1. The minimum absolute atomic E-state index is 0.0847. The highest BCUT2D eigenvalue weighted by Crippen LogP contribution is 2.20. The maximum Gasteiger partial charge on any atom is 0.236 e. The van der Waals surface area contributed by atoms with Gasteiger partial charge in [0.1, 0.15) is 0 Å². The Morgan fingerprint density at radius 1 is 1.21 bits per heavy atom. The fourth-order valence-corrected chi connectivity index (χ4v) is 2.29. The minimum atomic E-state index is -0.139. The van der Waals surface area contributed by atoms with Gasteiger partial charge < -0.3 is 15.4 Å². The summed E-state index contributed by atoms with van der Waals surface area (Å²) < 4.78 is 5.75. The van der Waals surface area contributed by atoms with E-state index in [0.29, 0.717) is 18.6 Å². The number of ether oxygens (including phenoxy) is 1. The van der Waals surface area contributed by atoms with Gasteiger partial charge in [-0.15, -0.1) is 0 Å². The second kappa shape index (κ2) is 9.32. The zero-order valence-electron chi connectivity index (χ0n) is 12.7. The molecule has 0 aromatic rings. The molecular weight excluding hydrogens is 240 g/mol. The molecule has 0 aromatic heterocycles. The largest absolute Gasteiger partial charge is 0.377 e. The Balaban J connectivity index is 1.99. The molecule has 1 atom stereocenters. The molecule has 1 saturated carbocycles. The molecule has 1 amide bonds. The van der Waals surface area contributed by atoms with Gasteiger partial charge in [-0.25, -0.2) is 0 Å². The average Bonchev–Trinajstić information content (AvgIpc) is 2.86. The van der Waals surface area contributed by atoms with E-state index >= 15 is 0 Å². The predicted molar refractivity (Wildman–Crippen MR) is 78.1 cm³/mol. The second-order valence-corrected chi connectivity index (χ2v) is 5.93. The highest BCUT2D eigenvalue weighted by atomic mass is 16.5. The number of amides is 1. The lowest BCUT2D eigenvalue weighted by Gasteiger charge is -2.16. The van der Waals surface area contributed by atoms with Crippen molar-refractivity contribution in [1.29, 1.82) is 0 Å². The van der Waals surface area contributed by atoms with E-state index in [1.165, 1.54) is 25.7 Å². The molecule has 4 nitrogen and oxygen atoms in total. The Hall–Kier alpha value is -0.610. The molecule has 0 spiro atoms. The molecule has 0 bridgehead atoms. The van der Waals surface area contributed by atoms with Crippen LogP contribution in [0, 0.1) is 5.92 Å². The van der Waals surface area contributed by atoms with Gasteiger partial charge in [-0.1, -0.05) is 26.7 Å². The molecule has 0 heterocycles. The summed E-state index contributed by atoms with van der Waals surface area (Å²) in [6.07, 6.45) is 6.48. The first-order chi connectivity index (χ1) is 9.09. The lowest BCUT2D eigenvalue weighted by molar-refractivity contribution is -0.122. The maximum atomic E-state index is 11.8. The van der Waals surface area contributed by atoms with E-state index in [4.69, 9.17) is 4.74 Å². The van der Waals surface area contributed by atoms with Gasteiger partial charge >= 0.3 is 0 Å². The molecule has 1 aliphatic carbocycles. The molecular formula is C15H30N2O2. The molecule has 1 aliphatic rings. The first kappa shape index (κ1) is 16.4. The number of carbonyl (C=O) groups is 1. The van der Waals surface area contributed by atoms with E-state index in [1.807, 2.05) is 6.92 Å². The number of hydrogen-bond donors (Lipinski definition) is 2. The van der Waals surface area contributed by atoms with E-state index in [1.54, 1.807) is 0 Å². The van der Waals surface area contributed by atoms with Gasteiger partial charge in [0, 0.05) is 13.1 Å². The van der Waals surface area contributed by atoms with E-state index in [9.17, 15) is 4.79 Å². The van der Waals surface area contributed by atoms with Crippen molar-refractivity contribution in [3.63, 3.8) is 0 Å². The molecule has 1 fully saturated rings. The zero-order chi connectivity index (χ0) is 14.1. The highest BCUT2D eigenvalue weighted by molar-refractivity contribution is 5.81. The number of rotatable bonds is 9. The quantitative estimate of drug-likeness (QED) is 0.631. The topological polar surface area (TPSA) is 50.4 Å². The lowest BCUT2D eigenvalue weighted by atomic mass is 10.1. The Morgan fingerprint density at radius 3 is 2.53 bits per heavy atom. The summed E-state index contributed by atoms with van der Waals surface area (Å²) in [5.41, 5.74) is 0. The van der Waals surface area contributed by atoms with Crippen LogP contribution >= 0.6 is 0 Å². The smallest absolute Gasteiger partial charge is 0.236 e. The molecule has 19 heavy (non-hydrogen) atoms. The minimum Gasteiger partial charge on any atom is -0.377 e. The maximum absolute atomic E-state index is 11.8. The molecule has 2 N–H and O–H groups in total. The van der Waals surface area contributed by atoms with Crippen molar-refractivity contribution in [3.8, 4) is 0 Å². The van der Waals surface area contributed by atoms with Crippen molar-refractivity contribution in [1.82, 2.24) is 10.6 Å². The standard InChI is InChI=1S/C15H30N2O2/c1-12(2)8-9-17-15(18)13(3)16-10-11-19-14-6-4-5-7-14/h12-14,16H,4-11H2,1-3H3,(H,17,18). The van der Waals surface area contributed by atoms with Gasteiger partial charge in [0.15, 0.2) is 0 Å². The van der Waals surface area contributed by atoms with Crippen molar-refractivity contribution in [2.75, 3.05) is 19.7 Å². The summed E-state index contributed by atoms with van der Waals surface area (Å²) in [4.78, 5) is 11.8. The molecule has 0 aliphatic heterocycles. The van der Waals surface area contributed by atoms with Crippen molar-refractivity contribution in [2.24, 2.45) is 5.92 Å². The zero-order valence-corrected chi connectivity index (χ0v) is 12.7. The molecule has 1 rings (SSSR count). The van der Waals surface area contributed by atoms with Crippen molar-refractivity contribution < 1.29 is 9.53 Å². The van der Waals surface area contributed by atoms with Crippen LogP contribution in [0.15, 0.2) is 0 Å². The second-order valence-electron chi connectivity index (χ2n) is 5.93. The average molecular weight is 270 g/mol. The normalized spacial score (nSPS) is 17.9. The summed E-state index contributed by atoms with van der Waals surface area (Å²) in [5, 5.41) is 6.16. The van der Waals surface area contributed by atoms with Gasteiger partial charge in [0.25, 0.3) is 0 Å². The number of carbonyl (C=O) groups excluding carboxylic acids is 1. The first-order valence-corrected chi connectivity index (χ1v) is 7.72. The Kier molecular flexibility index (Phi) is 8.07. The Bertz CT molecular complexity index is 251. The van der Waals surface area contributed by atoms with Gasteiger partial charge in [0.05, 0.1) is 18.8 Å². The molecule has 0 saturated heterocycles. The first-order valence-electron chi connectivity index (χ1n) is 7.72. The number of hydrogen-bond acceptors (Lipinski definition) is 3. The van der Waals surface area contributed by atoms with Crippen molar-refractivity contribution in [2.45, 2.75) is 65.0 Å². The fourth-order valence-electron chi connectivity index (χ4n) is 2.29. The van der Waals surface area contributed by atoms with Crippen LogP contribution in [0.3, 0.4) is 0 Å². The third-order valence-electron chi connectivity index (χ3n) is 3.62. The molecule has 0 aromatic carbocycles. The summed E-state index contributed by atoms with van der Waals surface area (Å²) in [7, 11) is 0. The monoisotopic (exact) mass is 270 g/mol. The highest BCUT2D eigenvalue weighted by Gasteiger charge is 2.15.